The van der Waals surface area contributed by atoms with Crippen LogP contribution in [0.3, 0.4) is 0 Å². The van der Waals surface area contributed by atoms with Gasteiger partial charge in [-0.1, -0.05) is 40.2 Å². The Labute approximate surface area is 124 Å². The Kier molecular flexibility index (Phi) is 3.48. The summed E-state index contributed by atoms with van der Waals surface area (Å²) in [6, 6.07) is 13.4. The molecule has 0 fully saturated rings. The van der Waals surface area contributed by atoms with Crippen LogP contribution in [0.15, 0.2) is 65.4 Å². The molecule has 0 radical (unpaired) electrons. The number of carbonyl (C=O) groups is 1. The predicted molar refractivity (Wildman–Crippen MR) is 82.7 cm³/mol. The largest absolute Gasteiger partial charge is 0.306 e. The first-order valence-electron chi connectivity index (χ1n) is 6.14. The van der Waals surface area contributed by atoms with Gasteiger partial charge in [0.2, 0.25) is 5.78 Å². The third-order valence-corrected chi connectivity index (χ3v) is 3.39. The van der Waals surface area contributed by atoms with Gasteiger partial charge in [0.05, 0.1) is 0 Å². The first-order valence-corrected chi connectivity index (χ1v) is 6.93. The number of aromatic nitrogens is 2. The van der Waals surface area contributed by atoms with E-state index in [2.05, 4.69) is 20.9 Å². The fourth-order valence-electron chi connectivity index (χ4n) is 1.92. The van der Waals surface area contributed by atoms with Crippen molar-refractivity contribution in [3.63, 3.8) is 0 Å². The Morgan fingerprint density at radius 3 is 2.90 bits per heavy atom. The number of carbonyl (C=O) groups excluding carboxylic acids is 1. The number of imidazole rings is 1. The van der Waals surface area contributed by atoms with Crippen LogP contribution in [0.4, 0.5) is 0 Å². The molecule has 0 atom stereocenters. The highest BCUT2D eigenvalue weighted by atomic mass is 79.9. The quantitative estimate of drug-likeness (QED) is 0.538. The fourth-order valence-corrected chi connectivity index (χ4v) is 2.34. The van der Waals surface area contributed by atoms with Crippen LogP contribution in [0.25, 0.3) is 11.7 Å². The summed E-state index contributed by atoms with van der Waals surface area (Å²) in [6.07, 6.45) is 6.95. The van der Waals surface area contributed by atoms with E-state index in [0.29, 0.717) is 5.69 Å². The number of hydrogen-bond donors (Lipinski definition) is 0. The van der Waals surface area contributed by atoms with Crippen molar-refractivity contribution in [3.05, 3.63) is 76.7 Å². The van der Waals surface area contributed by atoms with E-state index in [9.17, 15) is 4.79 Å². The molecule has 0 aliphatic rings. The Hall–Kier alpha value is -2.20. The number of ketones is 1. The topological polar surface area (TPSA) is 34.4 Å². The van der Waals surface area contributed by atoms with Crippen molar-refractivity contribution in [3.8, 4) is 0 Å². The van der Waals surface area contributed by atoms with Crippen LogP contribution >= 0.6 is 15.9 Å². The lowest BCUT2D eigenvalue weighted by Gasteiger charge is -1.93. The molecule has 1 aromatic carbocycles. The van der Waals surface area contributed by atoms with Crippen molar-refractivity contribution in [1.29, 1.82) is 0 Å². The Morgan fingerprint density at radius 2 is 2.10 bits per heavy atom. The minimum Gasteiger partial charge on any atom is -0.306 e. The van der Waals surface area contributed by atoms with Crippen LogP contribution in [0.1, 0.15) is 16.1 Å². The SMILES string of the molecule is O=C(/C=C/c1cccc(Br)c1)c1cn2ccccc2n1. The maximum absolute atomic E-state index is 12.1. The summed E-state index contributed by atoms with van der Waals surface area (Å²) in [4.78, 5) is 16.4. The summed E-state index contributed by atoms with van der Waals surface area (Å²) in [5.74, 6) is -0.103. The molecule has 4 heteroatoms. The molecular formula is C16H11BrN2O. The molecule has 0 amide bonds. The van der Waals surface area contributed by atoms with Crippen molar-refractivity contribution in [2.75, 3.05) is 0 Å². The molecule has 2 aromatic heterocycles. The second-order valence-electron chi connectivity index (χ2n) is 4.34. The van der Waals surface area contributed by atoms with Crippen LogP contribution in [-0.4, -0.2) is 15.2 Å². The van der Waals surface area contributed by atoms with Crippen molar-refractivity contribution < 1.29 is 4.79 Å². The van der Waals surface area contributed by atoms with Crippen molar-refractivity contribution in [1.82, 2.24) is 9.38 Å². The lowest BCUT2D eigenvalue weighted by atomic mass is 10.2. The van der Waals surface area contributed by atoms with Gasteiger partial charge in [0.15, 0.2) is 0 Å². The maximum Gasteiger partial charge on any atom is 0.205 e. The van der Waals surface area contributed by atoms with Gasteiger partial charge in [-0.2, -0.15) is 0 Å². The third-order valence-electron chi connectivity index (χ3n) is 2.89. The molecule has 0 saturated heterocycles. The van der Waals surface area contributed by atoms with E-state index in [4.69, 9.17) is 0 Å². The zero-order valence-electron chi connectivity index (χ0n) is 10.5. The Bertz CT molecular complexity index is 772. The van der Waals surface area contributed by atoms with Gasteiger partial charge in [0, 0.05) is 16.9 Å². The molecule has 0 spiro atoms. The normalized spacial score (nSPS) is 11.2. The molecule has 0 unspecified atom stereocenters. The summed E-state index contributed by atoms with van der Waals surface area (Å²) in [6.45, 7) is 0. The Balaban J connectivity index is 1.85. The number of benzene rings is 1. The monoisotopic (exact) mass is 326 g/mol. The van der Waals surface area contributed by atoms with Crippen LogP contribution in [-0.2, 0) is 0 Å². The van der Waals surface area contributed by atoms with Gasteiger partial charge in [-0.25, -0.2) is 4.98 Å². The summed E-state index contributed by atoms with van der Waals surface area (Å²) >= 11 is 3.40. The van der Waals surface area contributed by atoms with Crippen LogP contribution in [0.2, 0.25) is 0 Å². The average Bonchev–Trinajstić information content (AvgIpc) is 2.89. The summed E-state index contributed by atoms with van der Waals surface area (Å²) < 4.78 is 2.82. The minimum absolute atomic E-state index is 0.103. The standard InChI is InChI=1S/C16H11BrN2O/c17-13-5-3-4-12(10-13)7-8-15(20)14-11-19-9-2-1-6-16(19)18-14/h1-11H/b8-7+. The number of nitrogens with zero attached hydrogens (tertiary/aromatic N) is 2. The average molecular weight is 327 g/mol. The van der Waals surface area contributed by atoms with E-state index in [0.717, 1.165) is 15.7 Å². The minimum atomic E-state index is -0.103. The summed E-state index contributed by atoms with van der Waals surface area (Å²) in [7, 11) is 0. The molecule has 0 N–H and O–H groups in total. The van der Waals surface area contributed by atoms with Gasteiger partial charge in [-0.15, -0.1) is 0 Å². The number of halogens is 1. The molecule has 2 heterocycles. The number of hydrogen-bond acceptors (Lipinski definition) is 2. The molecule has 3 nitrogen and oxygen atoms in total. The lowest BCUT2D eigenvalue weighted by molar-refractivity contribution is 0.104. The molecular weight excluding hydrogens is 316 g/mol. The van der Waals surface area contributed by atoms with Gasteiger partial charge >= 0.3 is 0 Å². The number of allylic oxidation sites excluding steroid dienone is 1. The van der Waals surface area contributed by atoms with Gasteiger partial charge in [-0.3, -0.25) is 4.79 Å². The first-order chi connectivity index (χ1) is 9.72. The zero-order valence-corrected chi connectivity index (χ0v) is 12.1. The maximum atomic E-state index is 12.1. The number of fused-ring (bicyclic) bond motifs is 1. The second kappa shape index (κ2) is 5.43. The molecule has 0 aliphatic carbocycles. The Morgan fingerprint density at radius 1 is 1.20 bits per heavy atom. The van der Waals surface area contributed by atoms with Crippen molar-refractivity contribution in [2.24, 2.45) is 0 Å². The molecule has 0 aliphatic heterocycles. The molecule has 0 bridgehead atoms. The first kappa shape index (κ1) is 12.8. The summed E-state index contributed by atoms with van der Waals surface area (Å²) in [5.41, 5.74) is 2.19. The van der Waals surface area contributed by atoms with Crippen LogP contribution < -0.4 is 0 Å². The van der Waals surface area contributed by atoms with E-state index >= 15 is 0 Å². The van der Waals surface area contributed by atoms with Crippen molar-refractivity contribution in [2.45, 2.75) is 0 Å². The predicted octanol–water partition coefficient (Wildman–Crippen LogP) is 3.99. The van der Waals surface area contributed by atoms with E-state index in [1.54, 1.807) is 18.3 Å². The molecule has 98 valence electrons. The second-order valence-corrected chi connectivity index (χ2v) is 5.26. The van der Waals surface area contributed by atoms with E-state index in [1.807, 2.05) is 53.1 Å². The highest BCUT2D eigenvalue weighted by Gasteiger charge is 2.07. The molecule has 20 heavy (non-hydrogen) atoms. The van der Waals surface area contributed by atoms with E-state index < -0.39 is 0 Å². The molecule has 0 saturated carbocycles. The highest BCUT2D eigenvalue weighted by molar-refractivity contribution is 9.10. The number of pyridine rings is 1. The van der Waals surface area contributed by atoms with Crippen molar-refractivity contribution >= 4 is 33.4 Å². The highest BCUT2D eigenvalue weighted by Crippen LogP contribution is 2.13. The lowest BCUT2D eigenvalue weighted by Crippen LogP contribution is -1.93. The van der Waals surface area contributed by atoms with E-state index in [1.165, 1.54) is 0 Å². The van der Waals surface area contributed by atoms with Gasteiger partial charge in [0.25, 0.3) is 0 Å². The fraction of sp³-hybridized carbons (Fsp3) is 0. The van der Waals surface area contributed by atoms with Gasteiger partial charge in [0.1, 0.15) is 11.3 Å². The van der Waals surface area contributed by atoms with Gasteiger partial charge < -0.3 is 4.40 Å². The third kappa shape index (κ3) is 2.70. The molecule has 3 aromatic rings. The van der Waals surface area contributed by atoms with Crippen LogP contribution in [0, 0.1) is 0 Å². The number of rotatable bonds is 3. The zero-order chi connectivity index (χ0) is 13.9. The summed E-state index contributed by atoms with van der Waals surface area (Å²) in [5, 5.41) is 0. The van der Waals surface area contributed by atoms with Crippen LogP contribution in [0.5, 0.6) is 0 Å². The molecule has 3 rings (SSSR count). The van der Waals surface area contributed by atoms with Gasteiger partial charge in [-0.05, 0) is 35.9 Å². The smallest absolute Gasteiger partial charge is 0.205 e. The van der Waals surface area contributed by atoms with E-state index in [-0.39, 0.29) is 5.78 Å².